The van der Waals surface area contributed by atoms with Crippen LogP contribution in [0.2, 0.25) is 0 Å². The Bertz CT molecular complexity index is 457. The third kappa shape index (κ3) is 3.43. The Morgan fingerprint density at radius 2 is 1.71 bits per heavy atom. The van der Waals surface area contributed by atoms with Crippen LogP contribution >= 0.6 is 0 Å². The van der Waals surface area contributed by atoms with Crippen LogP contribution in [-0.4, -0.2) is 36.1 Å². The SMILES string of the molecule is CCNC1CC2CCC(C1)N2CCc1cc(F)cc(F)c1. The minimum absolute atomic E-state index is 0.473. The van der Waals surface area contributed by atoms with Crippen molar-refractivity contribution in [3.8, 4) is 0 Å². The Hall–Kier alpha value is -1.00. The standard InChI is InChI=1S/C17H24F2N2/c1-2-20-15-10-16-3-4-17(11-15)21(16)6-5-12-7-13(18)9-14(19)8-12/h7-9,15-17,20H,2-6,10-11H2,1H3. The number of fused-ring (bicyclic) bond motifs is 2. The quantitative estimate of drug-likeness (QED) is 0.897. The van der Waals surface area contributed by atoms with Gasteiger partial charge in [-0.1, -0.05) is 6.92 Å². The summed E-state index contributed by atoms with van der Waals surface area (Å²) in [6, 6.07) is 5.79. The molecular weight excluding hydrogens is 270 g/mol. The van der Waals surface area contributed by atoms with Gasteiger partial charge >= 0.3 is 0 Å². The highest BCUT2D eigenvalue weighted by Crippen LogP contribution is 2.35. The number of nitrogens with zero attached hydrogens (tertiary/aromatic N) is 1. The number of halogens is 2. The van der Waals surface area contributed by atoms with E-state index < -0.39 is 11.6 Å². The Morgan fingerprint density at radius 1 is 1.10 bits per heavy atom. The highest BCUT2D eigenvalue weighted by Gasteiger charge is 2.39. The molecule has 2 heterocycles. The van der Waals surface area contributed by atoms with E-state index in [0.717, 1.165) is 31.1 Å². The summed E-state index contributed by atoms with van der Waals surface area (Å²) in [5.74, 6) is -0.947. The van der Waals surface area contributed by atoms with Crippen molar-refractivity contribution in [2.75, 3.05) is 13.1 Å². The zero-order chi connectivity index (χ0) is 14.8. The van der Waals surface area contributed by atoms with Crippen LogP contribution in [-0.2, 0) is 6.42 Å². The lowest BCUT2D eigenvalue weighted by Gasteiger charge is -2.39. The van der Waals surface area contributed by atoms with E-state index in [9.17, 15) is 8.78 Å². The lowest BCUT2D eigenvalue weighted by molar-refractivity contribution is 0.119. The summed E-state index contributed by atoms with van der Waals surface area (Å²) in [7, 11) is 0. The summed E-state index contributed by atoms with van der Waals surface area (Å²) in [5, 5.41) is 3.57. The lowest BCUT2D eigenvalue weighted by atomic mass is 9.96. The zero-order valence-corrected chi connectivity index (χ0v) is 12.6. The van der Waals surface area contributed by atoms with Gasteiger partial charge in [-0.05, 0) is 56.3 Å². The van der Waals surface area contributed by atoms with E-state index in [1.807, 2.05) is 0 Å². The molecule has 2 atom stereocenters. The van der Waals surface area contributed by atoms with Crippen molar-refractivity contribution >= 4 is 0 Å². The molecule has 0 radical (unpaired) electrons. The highest BCUT2D eigenvalue weighted by atomic mass is 19.1. The monoisotopic (exact) mass is 294 g/mol. The summed E-state index contributed by atoms with van der Waals surface area (Å²) in [6.07, 6.45) is 5.69. The summed E-state index contributed by atoms with van der Waals surface area (Å²) in [6.45, 7) is 4.11. The molecule has 2 bridgehead atoms. The van der Waals surface area contributed by atoms with Gasteiger partial charge in [-0.3, -0.25) is 4.90 Å². The van der Waals surface area contributed by atoms with Crippen LogP contribution in [0.1, 0.15) is 38.2 Å². The molecule has 0 aromatic heterocycles. The smallest absolute Gasteiger partial charge is 0.126 e. The molecule has 2 nitrogen and oxygen atoms in total. The first-order chi connectivity index (χ1) is 10.2. The van der Waals surface area contributed by atoms with Gasteiger partial charge in [-0.15, -0.1) is 0 Å². The largest absolute Gasteiger partial charge is 0.314 e. The summed E-state index contributed by atoms with van der Waals surface area (Å²) in [5.41, 5.74) is 0.765. The first kappa shape index (κ1) is 14.9. The van der Waals surface area contributed by atoms with E-state index in [0.29, 0.717) is 18.1 Å². The summed E-state index contributed by atoms with van der Waals surface area (Å²) in [4.78, 5) is 2.57. The van der Waals surface area contributed by atoms with Gasteiger partial charge in [0, 0.05) is 30.7 Å². The van der Waals surface area contributed by atoms with Gasteiger partial charge in [0.2, 0.25) is 0 Å². The third-order valence-corrected chi connectivity index (χ3v) is 4.96. The van der Waals surface area contributed by atoms with Crippen LogP contribution in [0.25, 0.3) is 0 Å². The average molecular weight is 294 g/mol. The van der Waals surface area contributed by atoms with Crippen LogP contribution in [0.3, 0.4) is 0 Å². The maximum Gasteiger partial charge on any atom is 0.126 e. The number of hydrogen-bond acceptors (Lipinski definition) is 2. The second kappa shape index (κ2) is 6.41. The number of benzene rings is 1. The van der Waals surface area contributed by atoms with E-state index in [2.05, 4.69) is 17.1 Å². The Kier molecular flexibility index (Phi) is 4.55. The van der Waals surface area contributed by atoms with Gasteiger partial charge in [0.15, 0.2) is 0 Å². The van der Waals surface area contributed by atoms with Crippen LogP contribution in [0.4, 0.5) is 8.78 Å². The van der Waals surface area contributed by atoms with Crippen molar-refractivity contribution < 1.29 is 8.78 Å². The molecule has 2 fully saturated rings. The van der Waals surface area contributed by atoms with Crippen molar-refractivity contribution in [1.29, 1.82) is 0 Å². The molecule has 4 heteroatoms. The van der Waals surface area contributed by atoms with E-state index in [1.165, 1.54) is 37.8 Å². The molecule has 3 rings (SSSR count). The number of hydrogen-bond donors (Lipinski definition) is 1. The average Bonchev–Trinajstić information content (AvgIpc) is 2.65. The molecule has 2 aliphatic heterocycles. The lowest BCUT2D eigenvalue weighted by Crippen LogP contribution is -2.49. The summed E-state index contributed by atoms with van der Waals surface area (Å²) < 4.78 is 26.5. The fourth-order valence-corrected chi connectivity index (χ4v) is 4.11. The molecule has 0 aliphatic carbocycles. The maximum absolute atomic E-state index is 13.2. The molecular formula is C17H24F2N2. The first-order valence-electron chi connectivity index (χ1n) is 8.10. The third-order valence-electron chi connectivity index (χ3n) is 4.96. The van der Waals surface area contributed by atoms with Crippen molar-refractivity contribution in [3.05, 3.63) is 35.4 Å². The Morgan fingerprint density at radius 3 is 2.29 bits per heavy atom. The zero-order valence-electron chi connectivity index (χ0n) is 12.6. The topological polar surface area (TPSA) is 15.3 Å². The molecule has 2 unspecified atom stereocenters. The molecule has 1 N–H and O–H groups in total. The van der Waals surface area contributed by atoms with E-state index in [-0.39, 0.29) is 0 Å². The fraction of sp³-hybridized carbons (Fsp3) is 0.647. The summed E-state index contributed by atoms with van der Waals surface area (Å²) >= 11 is 0. The molecule has 116 valence electrons. The highest BCUT2D eigenvalue weighted by molar-refractivity contribution is 5.18. The molecule has 0 saturated carbocycles. The van der Waals surface area contributed by atoms with Gasteiger partial charge in [0.25, 0.3) is 0 Å². The van der Waals surface area contributed by atoms with Crippen LogP contribution in [0, 0.1) is 11.6 Å². The molecule has 21 heavy (non-hydrogen) atoms. The van der Waals surface area contributed by atoms with Crippen LogP contribution in [0.15, 0.2) is 18.2 Å². The van der Waals surface area contributed by atoms with Crippen LogP contribution < -0.4 is 5.32 Å². The van der Waals surface area contributed by atoms with Gasteiger partial charge in [-0.2, -0.15) is 0 Å². The van der Waals surface area contributed by atoms with Crippen molar-refractivity contribution in [2.24, 2.45) is 0 Å². The molecule has 2 saturated heterocycles. The van der Waals surface area contributed by atoms with Crippen molar-refractivity contribution in [2.45, 2.75) is 57.2 Å². The first-order valence-corrected chi connectivity index (χ1v) is 8.10. The van der Waals surface area contributed by atoms with Gasteiger partial charge in [0.1, 0.15) is 11.6 Å². The molecule has 1 aromatic carbocycles. The van der Waals surface area contributed by atoms with Crippen LogP contribution in [0.5, 0.6) is 0 Å². The number of rotatable bonds is 5. The van der Waals surface area contributed by atoms with E-state index >= 15 is 0 Å². The van der Waals surface area contributed by atoms with E-state index in [4.69, 9.17) is 0 Å². The maximum atomic E-state index is 13.2. The predicted octanol–water partition coefficient (Wildman–Crippen LogP) is 3.11. The normalized spacial score (nSPS) is 29.0. The van der Waals surface area contributed by atoms with Crippen molar-refractivity contribution in [1.82, 2.24) is 10.2 Å². The van der Waals surface area contributed by atoms with E-state index in [1.54, 1.807) is 0 Å². The minimum atomic E-state index is -0.473. The molecule has 2 aliphatic rings. The molecule has 0 amide bonds. The van der Waals surface area contributed by atoms with Gasteiger partial charge in [0.05, 0.1) is 0 Å². The number of piperidine rings is 1. The second-order valence-corrected chi connectivity index (χ2v) is 6.38. The molecule has 1 aromatic rings. The fourth-order valence-electron chi connectivity index (χ4n) is 4.11. The second-order valence-electron chi connectivity index (χ2n) is 6.38. The molecule has 0 spiro atoms. The van der Waals surface area contributed by atoms with Crippen molar-refractivity contribution in [3.63, 3.8) is 0 Å². The van der Waals surface area contributed by atoms with Gasteiger partial charge in [-0.25, -0.2) is 8.78 Å². The Balaban J connectivity index is 1.59. The van der Waals surface area contributed by atoms with Gasteiger partial charge < -0.3 is 5.32 Å². The predicted molar refractivity (Wildman–Crippen MR) is 80.3 cm³/mol. The minimum Gasteiger partial charge on any atom is -0.314 e. The Labute approximate surface area is 125 Å². The number of nitrogens with one attached hydrogen (secondary N) is 1.